The zero-order chi connectivity index (χ0) is 17.8. The molecule has 1 fully saturated rings. The Labute approximate surface area is 148 Å². The average Bonchev–Trinajstić information content (AvgIpc) is 3.08. The normalized spacial score (nSPS) is 18.7. The molecule has 7 heteroatoms. The fraction of sp³-hybridized carbons (Fsp3) is 0.611. The van der Waals surface area contributed by atoms with Gasteiger partial charge in [0.25, 0.3) is 0 Å². The summed E-state index contributed by atoms with van der Waals surface area (Å²) in [5, 5.41) is 7.31. The van der Waals surface area contributed by atoms with E-state index in [-0.39, 0.29) is 6.10 Å². The number of aryl methyl sites for hydroxylation is 2. The van der Waals surface area contributed by atoms with Crippen LogP contribution in [0, 0.1) is 6.92 Å². The van der Waals surface area contributed by atoms with E-state index in [4.69, 9.17) is 9.26 Å². The zero-order valence-corrected chi connectivity index (χ0v) is 15.5. The highest BCUT2D eigenvalue weighted by atomic mass is 16.5. The van der Waals surface area contributed by atoms with Crippen molar-refractivity contribution in [2.75, 3.05) is 25.0 Å². The van der Waals surface area contributed by atoms with E-state index in [9.17, 15) is 0 Å². The van der Waals surface area contributed by atoms with E-state index < -0.39 is 0 Å². The quantitative estimate of drug-likeness (QED) is 0.862. The number of nitrogens with one attached hydrogen (secondary N) is 1. The summed E-state index contributed by atoms with van der Waals surface area (Å²) in [5.41, 5.74) is 1.88. The van der Waals surface area contributed by atoms with Crippen LogP contribution in [0.2, 0.25) is 0 Å². The molecule has 0 spiro atoms. The Morgan fingerprint density at radius 3 is 2.88 bits per heavy atom. The Hall–Kier alpha value is -1.99. The molecule has 25 heavy (non-hydrogen) atoms. The van der Waals surface area contributed by atoms with Crippen LogP contribution in [-0.4, -0.2) is 45.8 Å². The van der Waals surface area contributed by atoms with E-state index in [2.05, 4.69) is 46.1 Å². The van der Waals surface area contributed by atoms with Crippen molar-refractivity contribution < 1.29 is 9.26 Å². The largest absolute Gasteiger partial charge is 0.369 e. The summed E-state index contributed by atoms with van der Waals surface area (Å²) in [6.45, 7) is 11.5. The van der Waals surface area contributed by atoms with Gasteiger partial charge in [0.1, 0.15) is 17.7 Å². The molecule has 0 aromatic carbocycles. The molecule has 2 aromatic rings. The molecule has 7 nitrogen and oxygen atoms in total. The van der Waals surface area contributed by atoms with E-state index in [1.807, 2.05) is 19.1 Å². The first kappa shape index (κ1) is 17.8. The third-order valence-corrected chi connectivity index (χ3v) is 4.43. The summed E-state index contributed by atoms with van der Waals surface area (Å²) in [6.07, 6.45) is 0.849. The lowest BCUT2D eigenvalue weighted by Crippen LogP contribution is -2.42. The second kappa shape index (κ2) is 7.93. The molecule has 2 aromatic heterocycles. The minimum absolute atomic E-state index is 0.0182. The van der Waals surface area contributed by atoms with Gasteiger partial charge in [-0.1, -0.05) is 12.1 Å². The maximum absolute atomic E-state index is 5.95. The Morgan fingerprint density at radius 2 is 2.16 bits per heavy atom. The van der Waals surface area contributed by atoms with Crippen LogP contribution in [0.5, 0.6) is 0 Å². The smallest absolute Gasteiger partial charge is 0.156 e. The van der Waals surface area contributed by atoms with E-state index in [0.717, 1.165) is 54.9 Å². The third-order valence-electron chi connectivity index (χ3n) is 4.43. The molecule has 0 aliphatic carbocycles. The molecule has 0 amide bonds. The van der Waals surface area contributed by atoms with Crippen LogP contribution in [0.15, 0.2) is 16.7 Å². The number of rotatable bonds is 6. The van der Waals surface area contributed by atoms with Crippen LogP contribution < -0.4 is 5.32 Å². The first-order chi connectivity index (χ1) is 12.0. The zero-order valence-electron chi connectivity index (χ0n) is 15.5. The van der Waals surface area contributed by atoms with Crippen molar-refractivity contribution in [1.29, 1.82) is 0 Å². The van der Waals surface area contributed by atoms with E-state index in [1.165, 1.54) is 0 Å². The van der Waals surface area contributed by atoms with Crippen molar-refractivity contribution in [3.8, 4) is 0 Å². The van der Waals surface area contributed by atoms with Crippen LogP contribution in [-0.2, 0) is 17.7 Å². The summed E-state index contributed by atoms with van der Waals surface area (Å²) in [7, 11) is 0. The van der Waals surface area contributed by atoms with Gasteiger partial charge >= 0.3 is 0 Å². The van der Waals surface area contributed by atoms with Gasteiger partial charge < -0.3 is 14.6 Å². The van der Waals surface area contributed by atoms with Crippen LogP contribution in [0.25, 0.3) is 0 Å². The number of hydrogen-bond acceptors (Lipinski definition) is 7. The van der Waals surface area contributed by atoms with Crippen LogP contribution in [0.4, 0.5) is 5.82 Å². The lowest BCUT2D eigenvalue weighted by molar-refractivity contribution is -0.0422. The van der Waals surface area contributed by atoms with Crippen molar-refractivity contribution in [2.45, 2.75) is 52.8 Å². The number of anilines is 1. The molecule has 1 atom stereocenters. The highest BCUT2D eigenvalue weighted by Crippen LogP contribution is 2.24. The fourth-order valence-electron chi connectivity index (χ4n) is 2.95. The van der Waals surface area contributed by atoms with E-state index >= 15 is 0 Å². The predicted octanol–water partition coefficient (Wildman–Crippen LogP) is 2.73. The summed E-state index contributed by atoms with van der Waals surface area (Å²) < 4.78 is 11.3. The van der Waals surface area contributed by atoms with Gasteiger partial charge in [-0.2, -0.15) is 0 Å². The molecule has 3 heterocycles. The maximum Gasteiger partial charge on any atom is 0.156 e. The van der Waals surface area contributed by atoms with Crippen molar-refractivity contribution in [3.63, 3.8) is 0 Å². The van der Waals surface area contributed by atoms with Crippen molar-refractivity contribution in [1.82, 2.24) is 20.0 Å². The average molecular weight is 345 g/mol. The molecule has 0 radical (unpaired) electrons. The monoisotopic (exact) mass is 345 g/mol. The Morgan fingerprint density at radius 1 is 1.32 bits per heavy atom. The number of morpholine rings is 1. The first-order valence-electron chi connectivity index (χ1n) is 8.94. The summed E-state index contributed by atoms with van der Waals surface area (Å²) in [4.78, 5) is 11.5. The van der Waals surface area contributed by atoms with Gasteiger partial charge in [-0.3, -0.25) is 4.90 Å². The Balaban J connectivity index is 1.69. The molecule has 1 aliphatic rings. The standard InChI is InChI=1S/C18H27N5O2/c1-5-14-8-15(25-22-14)10-19-18-9-16(20-13(4)21-18)17-11-23(12(2)3)6-7-24-17/h8-9,12,17H,5-7,10-11H2,1-4H3,(H,19,20,21)/t17-/m1/s1. The molecule has 0 unspecified atom stereocenters. The van der Waals surface area contributed by atoms with Gasteiger partial charge in [-0.15, -0.1) is 0 Å². The predicted molar refractivity (Wildman–Crippen MR) is 95.4 cm³/mol. The second-order valence-electron chi connectivity index (χ2n) is 6.67. The highest BCUT2D eigenvalue weighted by Gasteiger charge is 2.25. The molecule has 1 N–H and O–H groups in total. The number of hydrogen-bond donors (Lipinski definition) is 1. The minimum Gasteiger partial charge on any atom is -0.369 e. The Bertz CT molecular complexity index is 701. The lowest BCUT2D eigenvalue weighted by atomic mass is 10.1. The molecular weight excluding hydrogens is 318 g/mol. The molecule has 0 saturated carbocycles. The van der Waals surface area contributed by atoms with E-state index in [0.29, 0.717) is 12.6 Å². The fourth-order valence-corrected chi connectivity index (χ4v) is 2.95. The molecular formula is C18H27N5O2. The van der Waals surface area contributed by atoms with Crippen LogP contribution >= 0.6 is 0 Å². The van der Waals surface area contributed by atoms with Gasteiger partial charge in [-0.25, -0.2) is 9.97 Å². The van der Waals surface area contributed by atoms with Gasteiger partial charge in [0.2, 0.25) is 0 Å². The maximum atomic E-state index is 5.95. The molecule has 1 saturated heterocycles. The highest BCUT2D eigenvalue weighted by molar-refractivity contribution is 5.37. The van der Waals surface area contributed by atoms with Crippen LogP contribution in [0.3, 0.4) is 0 Å². The summed E-state index contributed by atoms with van der Waals surface area (Å²) >= 11 is 0. The number of ether oxygens (including phenoxy) is 1. The molecule has 136 valence electrons. The van der Waals surface area contributed by atoms with Gasteiger partial charge in [0.15, 0.2) is 5.76 Å². The molecule has 3 rings (SSSR count). The van der Waals surface area contributed by atoms with Crippen LogP contribution in [0.1, 0.15) is 49.8 Å². The third kappa shape index (κ3) is 4.55. The molecule has 1 aliphatic heterocycles. The second-order valence-corrected chi connectivity index (χ2v) is 6.67. The first-order valence-corrected chi connectivity index (χ1v) is 8.94. The topological polar surface area (TPSA) is 76.3 Å². The SMILES string of the molecule is CCc1cc(CNc2cc([C@H]3CN(C(C)C)CCO3)nc(C)n2)on1. The Kier molecular flexibility index (Phi) is 5.65. The van der Waals surface area contributed by atoms with Crippen molar-refractivity contribution >= 4 is 5.82 Å². The number of nitrogens with zero attached hydrogens (tertiary/aromatic N) is 4. The molecule has 0 bridgehead atoms. The van der Waals surface area contributed by atoms with Gasteiger partial charge in [0, 0.05) is 31.3 Å². The van der Waals surface area contributed by atoms with Gasteiger partial charge in [0.05, 0.1) is 24.5 Å². The van der Waals surface area contributed by atoms with Gasteiger partial charge in [-0.05, 0) is 27.2 Å². The van der Waals surface area contributed by atoms with Crippen molar-refractivity contribution in [3.05, 3.63) is 35.1 Å². The minimum atomic E-state index is -0.0182. The van der Waals surface area contributed by atoms with E-state index in [1.54, 1.807) is 0 Å². The summed E-state index contributed by atoms with van der Waals surface area (Å²) in [6, 6.07) is 4.44. The summed E-state index contributed by atoms with van der Waals surface area (Å²) in [5.74, 6) is 2.31. The number of aromatic nitrogens is 3. The van der Waals surface area contributed by atoms with Crippen molar-refractivity contribution in [2.24, 2.45) is 0 Å². The lowest BCUT2D eigenvalue weighted by Gasteiger charge is -2.35.